The number of Topliss-reactive ketones (excluding diaryl/α,β-unsaturated/α-hetero) is 1. The Bertz CT molecular complexity index is 1260. The highest BCUT2D eigenvalue weighted by atomic mass is 32.1. The number of likely N-dealkylation sites (tertiary alicyclic amines) is 1. The second-order valence-corrected chi connectivity index (χ2v) is 11.9. The summed E-state index contributed by atoms with van der Waals surface area (Å²) >= 11 is 1.70. The summed E-state index contributed by atoms with van der Waals surface area (Å²) < 4.78 is 0. The van der Waals surface area contributed by atoms with Crippen LogP contribution in [-0.4, -0.2) is 44.9 Å². The number of fused-ring (bicyclic) bond motifs is 2. The Morgan fingerprint density at radius 1 is 1.21 bits per heavy atom. The zero-order valence-electron chi connectivity index (χ0n) is 20.2. The number of hydrogen-bond acceptors (Lipinski definition) is 5. The van der Waals surface area contributed by atoms with E-state index in [1.54, 1.807) is 11.3 Å². The van der Waals surface area contributed by atoms with Crippen molar-refractivity contribution in [1.29, 1.82) is 0 Å². The van der Waals surface area contributed by atoms with Crippen LogP contribution in [0.3, 0.4) is 0 Å². The van der Waals surface area contributed by atoms with Gasteiger partial charge in [0.05, 0.1) is 10.5 Å². The fraction of sp³-hybridized carbons (Fsp3) is 0.538. The van der Waals surface area contributed by atoms with Gasteiger partial charge in [0.1, 0.15) is 5.69 Å². The molecule has 6 nitrogen and oxygen atoms in total. The van der Waals surface area contributed by atoms with E-state index in [-0.39, 0.29) is 22.5 Å². The summed E-state index contributed by atoms with van der Waals surface area (Å²) in [5.41, 5.74) is 4.39. The number of aromatic amines is 1. The van der Waals surface area contributed by atoms with Crippen molar-refractivity contribution in [2.75, 3.05) is 13.1 Å². The summed E-state index contributed by atoms with van der Waals surface area (Å²) in [6.07, 6.45) is 4.01. The van der Waals surface area contributed by atoms with Crippen molar-refractivity contribution < 1.29 is 9.59 Å². The van der Waals surface area contributed by atoms with Crippen LogP contribution in [0.5, 0.6) is 0 Å². The maximum absolute atomic E-state index is 13.4. The van der Waals surface area contributed by atoms with Crippen LogP contribution in [0.4, 0.5) is 0 Å². The Labute approximate surface area is 198 Å². The summed E-state index contributed by atoms with van der Waals surface area (Å²) in [6, 6.07) is 3.97. The normalized spacial score (nSPS) is 18.2. The van der Waals surface area contributed by atoms with Crippen LogP contribution in [0, 0.1) is 12.3 Å². The minimum absolute atomic E-state index is 0.0395. The minimum atomic E-state index is -0.0446. The van der Waals surface area contributed by atoms with Gasteiger partial charge >= 0.3 is 0 Å². The van der Waals surface area contributed by atoms with Gasteiger partial charge in [-0.25, -0.2) is 4.98 Å². The van der Waals surface area contributed by atoms with Gasteiger partial charge in [-0.3, -0.25) is 14.7 Å². The molecule has 0 bridgehead atoms. The topological polar surface area (TPSA) is 79.0 Å². The molecule has 1 amide bonds. The van der Waals surface area contributed by atoms with E-state index in [1.807, 2.05) is 24.0 Å². The molecular weight excluding hydrogens is 432 g/mol. The van der Waals surface area contributed by atoms with Gasteiger partial charge in [0.25, 0.3) is 5.91 Å². The number of nitrogens with zero attached hydrogens (tertiary/aromatic N) is 3. The first-order valence-electron chi connectivity index (χ1n) is 11.9. The number of carbonyl (C=O) groups excluding carboxylic acids is 2. The van der Waals surface area contributed by atoms with Crippen LogP contribution in [-0.2, 0) is 18.3 Å². The molecule has 7 heteroatoms. The van der Waals surface area contributed by atoms with Gasteiger partial charge in [0.2, 0.25) is 0 Å². The minimum Gasteiger partial charge on any atom is -0.339 e. The quantitative estimate of drug-likeness (QED) is 0.563. The number of hydrogen-bond donors (Lipinski definition) is 1. The maximum atomic E-state index is 13.4. The first kappa shape index (κ1) is 22.3. The van der Waals surface area contributed by atoms with Gasteiger partial charge in [-0.15, -0.1) is 11.3 Å². The van der Waals surface area contributed by atoms with Gasteiger partial charge in [-0.05, 0) is 55.7 Å². The number of benzene rings is 1. The molecule has 2 aliphatic rings. The molecule has 1 aromatic carbocycles. The standard InChI is InChI=1S/C26H32N4O2S/c1-6-16-11-17(12-18-15(2)28-29-21(16)18)23(32)30-9-7-26(8-10-30)13-19(31)22-20(14-26)33-24(27-22)25(3,4)5/h11-12H,6-10,13-14H2,1-5H3,(H,28,29). The van der Waals surface area contributed by atoms with Crippen molar-refractivity contribution in [2.45, 2.75) is 72.1 Å². The maximum Gasteiger partial charge on any atom is 0.253 e. The van der Waals surface area contributed by atoms with Crippen molar-refractivity contribution in [3.05, 3.63) is 44.5 Å². The third kappa shape index (κ3) is 3.80. The second-order valence-electron chi connectivity index (χ2n) is 10.8. The highest BCUT2D eigenvalue weighted by molar-refractivity contribution is 7.12. The largest absolute Gasteiger partial charge is 0.339 e. The van der Waals surface area contributed by atoms with Crippen LogP contribution in [0.25, 0.3) is 10.9 Å². The van der Waals surface area contributed by atoms with Crippen molar-refractivity contribution in [2.24, 2.45) is 5.41 Å². The number of nitrogens with one attached hydrogen (secondary N) is 1. The Balaban J connectivity index is 1.35. The van der Waals surface area contributed by atoms with Crippen LogP contribution in [0.2, 0.25) is 0 Å². The van der Waals surface area contributed by atoms with Crippen LogP contribution in [0.15, 0.2) is 12.1 Å². The van der Waals surface area contributed by atoms with Gasteiger partial charge in [-0.1, -0.05) is 27.7 Å². The number of H-pyrrole nitrogens is 1. The average Bonchev–Trinajstić information content (AvgIpc) is 3.37. The summed E-state index contributed by atoms with van der Waals surface area (Å²) in [5, 5.41) is 9.53. The first-order chi connectivity index (χ1) is 15.6. The molecule has 3 heterocycles. The lowest BCUT2D eigenvalue weighted by Gasteiger charge is -2.43. The van der Waals surface area contributed by atoms with Crippen molar-refractivity contribution in [3.8, 4) is 0 Å². The summed E-state index contributed by atoms with van der Waals surface area (Å²) in [7, 11) is 0. The molecule has 5 rings (SSSR count). The predicted molar refractivity (Wildman–Crippen MR) is 131 cm³/mol. The zero-order chi connectivity index (χ0) is 23.5. The Hall–Kier alpha value is -2.54. The Kier molecular flexibility index (Phi) is 5.23. The number of amides is 1. The van der Waals surface area contributed by atoms with Crippen molar-refractivity contribution >= 4 is 33.9 Å². The van der Waals surface area contributed by atoms with Gasteiger partial charge < -0.3 is 4.90 Å². The van der Waals surface area contributed by atoms with Gasteiger partial charge in [0, 0.05) is 46.4 Å². The molecule has 0 atom stereocenters. The van der Waals surface area contributed by atoms with E-state index in [2.05, 4.69) is 37.9 Å². The van der Waals surface area contributed by atoms with E-state index < -0.39 is 0 Å². The van der Waals surface area contributed by atoms with E-state index in [9.17, 15) is 9.59 Å². The number of aryl methyl sites for hydroxylation is 2. The first-order valence-corrected chi connectivity index (χ1v) is 12.7. The van der Waals surface area contributed by atoms with E-state index >= 15 is 0 Å². The molecule has 1 N–H and O–H groups in total. The number of thiazole rings is 1. The Morgan fingerprint density at radius 2 is 1.94 bits per heavy atom. The number of aromatic nitrogens is 3. The van der Waals surface area contributed by atoms with Crippen LogP contribution >= 0.6 is 11.3 Å². The highest BCUT2D eigenvalue weighted by Crippen LogP contribution is 2.46. The second kappa shape index (κ2) is 7.76. The molecule has 33 heavy (non-hydrogen) atoms. The number of piperidine rings is 1. The lowest BCUT2D eigenvalue weighted by Crippen LogP contribution is -2.46. The summed E-state index contributed by atoms with van der Waals surface area (Å²) in [6.45, 7) is 11.9. The average molecular weight is 465 g/mol. The third-order valence-corrected chi connectivity index (χ3v) is 8.82. The predicted octanol–water partition coefficient (Wildman–Crippen LogP) is 5.24. The number of carbonyl (C=O) groups is 2. The monoisotopic (exact) mass is 464 g/mol. The van der Waals surface area contributed by atoms with Gasteiger partial charge in [-0.2, -0.15) is 5.10 Å². The Morgan fingerprint density at radius 3 is 2.61 bits per heavy atom. The molecule has 1 fully saturated rings. The molecule has 1 aliphatic carbocycles. The zero-order valence-corrected chi connectivity index (χ0v) is 21.0. The SMILES string of the molecule is CCc1cc(C(=O)N2CCC3(CC2)CC(=O)c2nc(C(C)(C)C)sc2C3)cc2c(C)[nH]nc12. The van der Waals surface area contributed by atoms with E-state index in [0.29, 0.717) is 25.2 Å². The molecule has 0 radical (unpaired) electrons. The van der Waals surface area contributed by atoms with Crippen LogP contribution < -0.4 is 0 Å². The van der Waals surface area contributed by atoms with E-state index in [1.165, 1.54) is 0 Å². The molecule has 1 saturated heterocycles. The molecule has 0 unspecified atom stereocenters. The third-order valence-electron chi connectivity index (χ3n) is 7.34. The molecule has 2 aromatic heterocycles. The molecule has 1 aliphatic heterocycles. The fourth-order valence-corrected chi connectivity index (χ4v) is 6.57. The summed E-state index contributed by atoms with van der Waals surface area (Å²) in [5.74, 6) is 0.258. The van der Waals surface area contributed by atoms with Crippen LogP contribution in [0.1, 0.15) is 88.9 Å². The lowest BCUT2D eigenvalue weighted by molar-refractivity contribution is 0.0522. The van der Waals surface area contributed by atoms with Crippen molar-refractivity contribution in [3.63, 3.8) is 0 Å². The molecule has 0 saturated carbocycles. The number of rotatable bonds is 2. The lowest BCUT2D eigenvalue weighted by atomic mass is 9.68. The molecule has 1 spiro atoms. The van der Waals surface area contributed by atoms with E-state index in [0.717, 1.165) is 63.3 Å². The van der Waals surface area contributed by atoms with Gasteiger partial charge in [0.15, 0.2) is 5.78 Å². The smallest absolute Gasteiger partial charge is 0.253 e. The van der Waals surface area contributed by atoms with E-state index in [4.69, 9.17) is 4.98 Å². The molecular formula is C26H32N4O2S. The van der Waals surface area contributed by atoms with Crippen molar-refractivity contribution in [1.82, 2.24) is 20.1 Å². The highest BCUT2D eigenvalue weighted by Gasteiger charge is 2.44. The molecule has 174 valence electrons. The fourth-order valence-electron chi connectivity index (χ4n) is 5.26. The molecule has 3 aromatic rings. The number of ketones is 1. The summed E-state index contributed by atoms with van der Waals surface area (Å²) in [4.78, 5) is 34.2.